The molecule has 0 aliphatic carbocycles. The number of likely N-dealkylation sites (tertiary alicyclic amines) is 2. The molecule has 0 saturated carbocycles. The number of hydrogen-bond acceptors (Lipinski definition) is 5. The third-order valence-corrected chi connectivity index (χ3v) is 6.26. The van der Waals surface area contributed by atoms with Crippen molar-refractivity contribution in [2.24, 2.45) is 5.92 Å². The van der Waals surface area contributed by atoms with Crippen LogP contribution in [-0.4, -0.2) is 63.0 Å². The Hall–Kier alpha value is -2.54. The molecule has 29 heavy (non-hydrogen) atoms. The lowest BCUT2D eigenvalue weighted by Gasteiger charge is -2.37. The fourth-order valence-electron chi connectivity index (χ4n) is 4.47. The van der Waals surface area contributed by atoms with Crippen LogP contribution in [0.15, 0.2) is 41.7 Å². The van der Waals surface area contributed by atoms with Crippen molar-refractivity contribution >= 4 is 5.91 Å². The zero-order valence-corrected chi connectivity index (χ0v) is 17.0. The molecule has 0 aromatic carbocycles. The van der Waals surface area contributed by atoms with E-state index in [0.29, 0.717) is 18.2 Å². The maximum absolute atomic E-state index is 12.6. The van der Waals surface area contributed by atoms with E-state index in [9.17, 15) is 9.59 Å². The topological polar surface area (TPSA) is 71.3 Å². The van der Waals surface area contributed by atoms with E-state index >= 15 is 0 Å². The molecule has 0 bridgehead atoms. The van der Waals surface area contributed by atoms with E-state index in [1.807, 2.05) is 24.1 Å². The van der Waals surface area contributed by atoms with Crippen molar-refractivity contribution < 1.29 is 4.79 Å². The second-order valence-electron chi connectivity index (χ2n) is 8.26. The number of rotatable bonds is 4. The number of likely N-dealkylation sites (N-methyl/N-ethyl adjacent to an activating group) is 1. The van der Waals surface area contributed by atoms with Crippen LogP contribution in [0.4, 0.5) is 0 Å². The summed E-state index contributed by atoms with van der Waals surface area (Å²) in [5.74, 6) is 0.709. The van der Waals surface area contributed by atoms with E-state index in [0.717, 1.165) is 57.3 Å². The van der Waals surface area contributed by atoms with Crippen molar-refractivity contribution in [2.45, 2.75) is 44.7 Å². The molecular weight excluding hydrogens is 366 g/mol. The molecule has 2 aliphatic rings. The van der Waals surface area contributed by atoms with Gasteiger partial charge < -0.3 is 4.90 Å². The first kappa shape index (κ1) is 19.8. The quantitative estimate of drug-likeness (QED) is 0.792. The zero-order chi connectivity index (χ0) is 20.2. The summed E-state index contributed by atoms with van der Waals surface area (Å²) in [6.07, 6.45) is 10.3. The van der Waals surface area contributed by atoms with Gasteiger partial charge in [0.05, 0.1) is 18.1 Å². The van der Waals surface area contributed by atoms with Crippen LogP contribution >= 0.6 is 0 Å². The molecule has 4 rings (SSSR count). The van der Waals surface area contributed by atoms with E-state index in [-0.39, 0.29) is 17.5 Å². The van der Waals surface area contributed by atoms with Gasteiger partial charge in [-0.3, -0.25) is 24.0 Å². The molecule has 1 unspecified atom stereocenters. The third-order valence-electron chi connectivity index (χ3n) is 6.26. The van der Waals surface area contributed by atoms with Gasteiger partial charge in [-0.15, -0.1) is 0 Å². The Bertz CT molecular complexity index is 890. The number of pyridine rings is 1. The molecule has 4 heterocycles. The number of carbonyl (C=O) groups is 1. The number of nitrogens with zero attached hydrogens (tertiary/aromatic N) is 5. The molecule has 1 atom stereocenters. The highest BCUT2D eigenvalue weighted by Crippen LogP contribution is 2.24. The predicted octanol–water partition coefficient (Wildman–Crippen LogP) is 2.03. The van der Waals surface area contributed by atoms with Crippen LogP contribution in [0, 0.1) is 5.92 Å². The van der Waals surface area contributed by atoms with Crippen LogP contribution in [0.5, 0.6) is 0 Å². The Morgan fingerprint density at radius 1 is 1.10 bits per heavy atom. The molecule has 2 aromatic rings. The highest BCUT2D eigenvalue weighted by atomic mass is 16.2. The van der Waals surface area contributed by atoms with Crippen molar-refractivity contribution in [2.75, 3.05) is 26.7 Å². The predicted molar refractivity (Wildman–Crippen MR) is 111 cm³/mol. The van der Waals surface area contributed by atoms with Crippen molar-refractivity contribution in [1.29, 1.82) is 0 Å². The summed E-state index contributed by atoms with van der Waals surface area (Å²) in [4.78, 5) is 38.0. The van der Waals surface area contributed by atoms with Crippen LogP contribution < -0.4 is 5.56 Å². The molecule has 154 valence electrons. The Kier molecular flexibility index (Phi) is 6.04. The third kappa shape index (κ3) is 4.56. The summed E-state index contributed by atoms with van der Waals surface area (Å²) in [5.41, 5.74) is 1.48. The first-order valence-electron chi connectivity index (χ1n) is 10.6. The normalized spacial score (nSPS) is 21.9. The standard InChI is InChI=1S/C22H29N5O2/c1-25-10-3-2-6-20(22(25)29)26-11-7-17(8-12-26)15-27-16-24-19(13-21(27)28)18-5-4-9-23-14-18/h4-5,9,13-14,16-17,20H,2-3,6-8,10-12,15H2,1H3. The van der Waals surface area contributed by atoms with Gasteiger partial charge in [0.1, 0.15) is 0 Å². The number of carbonyl (C=O) groups excluding carboxylic acids is 1. The van der Waals surface area contributed by atoms with Gasteiger partial charge in [-0.25, -0.2) is 4.98 Å². The van der Waals surface area contributed by atoms with E-state index in [1.165, 1.54) is 0 Å². The number of aromatic nitrogens is 3. The second-order valence-corrected chi connectivity index (χ2v) is 8.26. The molecule has 7 heteroatoms. The second kappa shape index (κ2) is 8.86. The lowest BCUT2D eigenvalue weighted by Crippen LogP contribution is -2.49. The summed E-state index contributed by atoms with van der Waals surface area (Å²) in [6.45, 7) is 3.40. The lowest BCUT2D eigenvalue weighted by molar-refractivity contribution is -0.135. The monoisotopic (exact) mass is 395 g/mol. The van der Waals surface area contributed by atoms with Gasteiger partial charge in [-0.05, 0) is 63.2 Å². The van der Waals surface area contributed by atoms with Crippen LogP contribution in [0.1, 0.15) is 32.1 Å². The molecule has 0 spiro atoms. The fraction of sp³-hybridized carbons (Fsp3) is 0.545. The molecule has 7 nitrogen and oxygen atoms in total. The lowest BCUT2D eigenvalue weighted by atomic mass is 9.94. The molecule has 2 fully saturated rings. The van der Waals surface area contributed by atoms with Crippen LogP contribution in [0.3, 0.4) is 0 Å². The van der Waals surface area contributed by atoms with Crippen molar-refractivity contribution in [3.05, 3.63) is 47.3 Å². The van der Waals surface area contributed by atoms with Gasteiger partial charge in [0.25, 0.3) is 5.56 Å². The Morgan fingerprint density at radius 2 is 1.93 bits per heavy atom. The van der Waals surface area contributed by atoms with Crippen LogP contribution in [0.2, 0.25) is 0 Å². The minimum atomic E-state index is -0.0261. The van der Waals surface area contributed by atoms with Crippen molar-refractivity contribution in [3.63, 3.8) is 0 Å². The summed E-state index contributed by atoms with van der Waals surface area (Å²) in [6, 6.07) is 5.37. The van der Waals surface area contributed by atoms with Gasteiger partial charge in [-0.1, -0.05) is 0 Å². The van der Waals surface area contributed by atoms with Gasteiger partial charge in [0.2, 0.25) is 5.91 Å². The van der Waals surface area contributed by atoms with E-state index in [1.54, 1.807) is 29.4 Å². The van der Waals surface area contributed by atoms with Gasteiger partial charge in [0, 0.05) is 44.2 Å². The fourth-order valence-corrected chi connectivity index (χ4v) is 4.47. The average molecular weight is 396 g/mol. The Labute approximate surface area is 171 Å². The van der Waals surface area contributed by atoms with E-state index < -0.39 is 0 Å². The minimum Gasteiger partial charge on any atom is -0.344 e. The maximum Gasteiger partial charge on any atom is 0.253 e. The largest absolute Gasteiger partial charge is 0.344 e. The van der Waals surface area contributed by atoms with Gasteiger partial charge >= 0.3 is 0 Å². The minimum absolute atomic E-state index is 0.0261. The average Bonchev–Trinajstić information content (AvgIpc) is 2.92. The molecule has 2 aromatic heterocycles. The summed E-state index contributed by atoms with van der Waals surface area (Å²) in [7, 11) is 1.92. The zero-order valence-electron chi connectivity index (χ0n) is 17.0. The number of amides is 1. The summed E-state index contributed by atoms with van der Waals surface area (Å²) < 4.78 is 1.71. The molecule has 1 amide bonds. The van der Waals surface area contributed by atoms with E-state index in [2.05, 4.69) is 14.9 Å². The first-order valence-corrected chi connectivity index (χ1v) is 10.6. The number of hydrogen-bond donors (Lipinski definition) is 0. The maximum atomic E-state index is 12.6. The van der Waals surface area contributed by atoms with Crippen molar-refractivity contribution in [1.82, 2.24) is 24.3 Å². The molecule has 2 saturated heterocycles. The van der Waals surface area contributed by atoms with Crippen LogP contribution in [-0.2, 0) is 11.3 Å². The van der Waals surface area contributed by atoms with Gasteiger partial charge in [0.15, 0.2) is 0 Å². The number of piperidine rings is 1. The Balaban J connectivity index is 1.36. The summed E-state index contributed by atoms with van der Waals surface area (Å²) >= 11 is 0. The smallest absolute Gasteiger partial charge is 0.253 e. The van der Waals surface area contributed by atoms with Gasteiger partial charge in [-0.2, -0.15) is 0 Å². The highest BCUT2D eigenvalue weighted by molar-refractivity contribution is 5.81. The highest BCUT2D eigenvalue weighted by Gasteiger charge is 2.32. The molecular formula is C22H29N5O2. The molecule has 2 aliphatic heterocycles. The summed E-state index contributed by atoms with van der Waals surface area (Å²) in [5, 5.41) is 0. The first-order chi connectivity index (χ1) is 14.1. The van der Waals surface area contributed by atoms with E-state index in [4.69, 9.17) is 0 Å². The molecule has 0 N–H and O–H groups in total. The van der Waals surface area contributed by atoms with Crippen molar-refractivity contribution in [3.8, 4) is 11.3 Å². The Morgan fingerprint density at radius 3 is 2.66 bits per heavy atom. The van der Waals surface area contributed by atoms with Crippen LogP contribution in [0.25, 0.3) is 11.3 Å². The molecule has 0 radical (unpaired) electrons. The SMILES string of the molecule is CN1CCCCC(N2CCC(Cn3cnc(-c4cccnc4)cc3=O)CC2)C1=O.